The molecule has 1 atom stereocenters. The number of hydrogen-bond acceptors (Lipinski definition) is 2. The lowest BCUT2D eigenvalue weighted by atomic mass is 9.98. The number of halogens is 2. The molecule has 1 unspecified atom stereocenters. The van der Waals surface area contributed by atoms with Crippen LogP contribution in [0, 0.1) is 0 Å². The van der Waals surface area contributed by atoms with E-state index in [1.54, 1.807) is 11.4 Å². The SMILES string of the molecule is CC=CC.CSP.O=C(c1ccc(C2CC2)cc1)c1cc(Br)c2ccccc2c1Cl. The van der Waals surface area contributed by atoms with E-state index < -0.39 is 0 Å². The molecule has 1 saturated carbocycles. The standard InChI is InChI=1S/C20H14BrClO.C4H8.CH5PS/c21-18-11-17(19(22)16-4-2-1-3-15(16)18)20(23)14-9-7-13(8-10-14)12-5-6-12;1-3-4-2;1-3-2/h1-4,7-12H,5-6H2;3-4H,1-2H3;2H2,1H3. The first-order chi connectivity index (χ1) is 14.5. The van der Waals surface area contributed by atoms with Gasteiger partial charge in [-0.3, -0.25) is 4.79 Å². The highest BCUT2D eigenvalue weighted by Crippen LogP contribution is 2.40. The molecule has 4 rings (SSSR count). The lowest BCUT2D eigenvalue weighted by Crippen LogP contribution is -2.03. The second-order valence-corrected chi connectivity index (χ2v) is 10.0. The number of hydrogen-bond donors (Lipinski definition) is 0. The van der Waals surface area contributed by atoms with E-state index in [0.29, 0.717) is 22.1 Å². The van der Waals surface area contributed by atoms with Crippen LogP contribution in [0.4, 0.5) is 0 Å². The fraction of sp³-hybridized carbons (Fsp3) is 0.240. The Balaban J connectivity index is 0.000000403. The highest BCUT2D eigenvalue weighted by molar-refractivity contribution is 9.10. The van der Waals surface area contributed by atoms with Crippen LogP contribution in [0.2, 0.25) is 5.02 Å². The van der Waals surface area contributed by atoms with Crippen molar-refractivity contribution in [2.24, 2.45) is 0 Å². The quantitative estimate of drug-likeness (QED) is 0.194. The van der Waals surface area contributed by atoms with Crippen LogP contribution in [0.1, 0.15) is 54.1 Å². The van der Waals surface area contributed by atoms with Crippen LogP contribution >= 0.6 is 47.4 Å². The molecule has 0 spiro atoms. The zero-order valence-corrected chi connectivity index (χ0v) is 21.8. The molecule has 1 aliphatic rings. The van der Waals surface area contributed by atoms with Crippen molar-refractivity contribution >= 4 is 63.9 Å². The molecule has 0 amide bonds. The summed E-state index contributed by atoms with van der Waals surface area (Å²) >= 11 is 11.7. The first-order valence-electron chi connectivity index (χ1n) is 9.80. The summed E-state index contributed by atoms with van der Waals surface area (Å²) in [7, 11) is 2.50. The average Bonchev–Trinajstić information content (AvgIpc) is 3.62. The van der Waals surface area contributed by atoms with Crippen molar-refractivity contribution in [3.05, 3.63) is 92.9 Å². The fourth-order valence-corrected chi connectivity index (χ4v) is 3.82. The predicted molar refractivity (Wildman–Crippen MR) is 142 cm³/mol. The molecule has 30 heavy (non-hydrogen) atoms. The number of ketones is 1. The van der Waals surface area contributed by atoms with E-state index in [1.165, 1.54) is 18.4 Å². The van der Waals surface area contributed by atoms with Gasteiger partial charge in [-0.05, 0) is 55.9 Å². The van der Waals surface area contributed by atoms with Crippen molar-refractivity contribution in [2.45, 2.75) is 32.6 Å². The van der Waals surface area contributed by atoms with Crippen LogP contribution in [0.25, 0.3) is 10.8 Å². The highest BCUT2D eigenvalue weighted by Gasteiger charge is 2.24. The Kier molecular flexibility index (Phi) is 10.6. The van der Waals surface area contributed by atoms with Gasteiger partial charge in [-0.25, -0.2) is 0 Å². The van der Waals surface area contributed by atoms with E-state index in [0.717, 1.165) is 15.2 Å². The smallest absolute Gasteiger partial charge is 0.194 e. The zero-order valence-electron chi connectivity index (χ0n) is 17.5. The monoisotopic (exact) mass is 520 g/mol. The molecule has 0 saturated heterocycles. The topological polar surface area (TPSA) is 17.1 Å². The van der Waals surface area contributed by atoms with Gasteiger partial charge in [-0.1, -0.05) is 96.7 Å². The Hall–Kier alpha value is -1.12. The largest absolute Gasteiger partial charge is 0.289 e. The van der Waals surface area contributed by atoms with Crippen molar-refractivity contribution in [3.8, 4) is 0 Å². The summed E-state index contributed by atoms with van der Waals surface area (Å²) in [6.45, 7) is 4.00. The van der Waals surface area contributed by atoms with Gasteiger partial charge in [-0.2, -0.15) is 0 Å². The molecular formula is C25H27BrClOPS. The molecule has 0 aliphatic heterocycles. The third-order valence-corrected chi connectivity index (χ3v) is 5.79. The molecule has 1 nitrogen and oxygen atoms in total. The van der Waals surface area contributed by atoms with Crippen LogP contribution in [0.3, 0.4) is 0 Å². The molecule has 0 bridgehead atoms. The normalized spacial score (nSPS) is 12.7. The molecule has 5 heteroatoms. The van der Waals surface area contributed by atoms with Gasteiger partial charge in [0.1, 0.15) is 0 Å². The summed E-state index contributed by atoms with van der Waals surface area (Å²) in [4.78, 5) is 12.9. The fourth-order valence-electron chi connectivity index (χ4n) is 2.94. The number of carbonyl (C=O) groups is 1. The number of carbonyl (C=O) groups excluding carboxylic acids is 1. The van der Waals surface area contributed by atoms with Crippen molar-refractivity contribution < 1.29 is 4.79 Å². The lowest BCUT2D eigenvalue weighted by molar-refractivity contribution is 0.103. The Morgan fingerprint density at radius 2 is 1.60 bits per heavy atom. The van der Waals surface area contributed by atoms with Crippen molar-refractivity contribution in [1.82, 2.24) is 0 Å². The van der Waals surface area contributed by atoms with Crippen LogP contribution in [-0.2, 0) is 0 Å². The van der Waals surface area contributed by atoms with E-state index in [4.69, 9.17) is 11.6 Å². The first-order valence-corrected chi connectivity index (χ1v) is 13.7. The Bertz CT molecular complexity index is 1010. The molecule has 0 radical (unpaired) electrons. The molecule has 1 aliphatic carbocycles. The van der Waals surface area contributed by atoms with Gasteiger partial charge in [0.15, 0.2) is 5.78 Å². The maximum atomic E-state index is 12.9. The lowest BCUT2D eigenvalue weighted by Gasteiger charge is -2.10. The Morgan fingerprint density at radius 3 is 2.10 bits per heavy atom. The van der Waals surface area contributed by atoms with Crippen LogP contribution in [0.5, 0.6) is 0 Å². The van der Waals surface area contributed by atoms with E-state index >= 15 is 0 Å². The van der Waals surface area contributed by atoms with Gasteiger partial charge in [0.25, 0.3) is 0 Å². The molecule has 0 heterocycles. The average molecular weight is 522 g/mol. The van der Waals surface area contributed by atoms with Gasteiger partial charge < -0.3 is 0 Å². The van der Waals surface area contributed by atoms with Crippen molar-refractivity contribution in [2.75, 3.05) is 6.26 Å². The summed E-state index contributed by atoms with van der Waals surface area (Å²) in [5.41, 5.74) is 2.54. The van der Waals surface area contributed by atoms with Gasteiger partial charge >= 0.3 is 0 Å². The van der Waals surface area contributed by atoms with E-state index in [1.807, 2.05) is 74.7 Å². The maximum absolute atomic E-state index is 12.9. The summed E-state index contributed by atoms with van der Waals surface area (Å²) in [5.74, 6) is 0.654. The van der Waals surface area contributed by atoms with E-state index in [2.05, 4.69) is 36.5 Å². The number of allylic oxidation sites excluding steroid dienone is 2. The molecule has 0 N–H and O–H groups in total. The third-order valence-electron chi connectivity index (χ3n) is 4.73. The van der Waals surface area contributed by atoms with Gasteiger partial charge in [0.2, 0.25) is 0 Å². The van der Waals surface area contributed by atoms with E-state index in [9.17, 15) is 4.79 Å². The van der Waals surface area contributed by atoms with Crippen LogP contribution in [-0.4, -0.2) is 12.0 Å². The minimum Gasteiger partial charge on any atom is -0.289 e. The molecule has 1 fully saturated rings. The van der Waals surface area contributed by atoms with Gasteiger partial charge in [-0.15, -0.1) is 11.4 Å². The highest BCUT2D eigenvalue weighted by atomic mass is 79.9. The summed E-state index contributed by atoms with van der Waals surface area (Å²) < 4.78 is 0.885. The summed E-state index contributed by atoms with van der Waals surface area (Å²) in [6, 6.07) is 17.6. The number of rotatable bonds is 3. The van der Waals surface area contributed by atoms with Crippen molar-refractivity contribution in [1.29, 1.82) is 0 Å². The minimum absolute atomic E-state index is 0.0381. The van der Waals surface area contributed by atoms with Gasteiger partial charge in [0.05, 0.1) is 5.02 Å². The van der Waals surface area contributed by atoms with Gasteiger partial charge in [0, 0.05) is 21.0 Å². The number of fused-ring (bicyclic) bond motifs is 1. The molecule has 0 aromatic heterocycles. The minimum atomic E-state index is -0.0381. The van der Waals surface area contributed by atoms with Crippen LogP contribution < -0.4 is 0 Å². The number of benzene rings is 3. The predicted octanol–water partition coefficient (Wildman–Crippen LogP) is 9.09. The summed E-state index contributed by atoms with van der Waals surface area (Å²) in [5, 5.41) is 2.42. The molecule has 158 valence electrons. The van der Waals surface area contributed by atoms with Crippen molar-refractivity contribution in [3.63, 3.8) is 0 Å². The van der Waals surface area contributed by atoms with Crippen LogP contribution in [0.15, 0.2) is 71.2 Å². The molecule has 3 aromatic rings. The zero-order chi connectivity index (χ0) is 22.1. The van der Waals surface area contributed by atoms with E-state index in [-0.39, 0.29) is 5.78 Å². The second kappa shape index (κ2) is 12.7. The Labute approximate surface area is 199 Å². The first kappa shape index (κ1) is 25.1. The molecular weight excluding hydrogens is 495 g/mol. The maximum Gasteiger partial charge on any atom is 0.194 e. The molecule has 3 aromatic carbocycles. The summed E-state index contributed by atoms with van der Waals surface area (Å²) in [6.07, 6.45) is 8.53. The Morgan fingerprint density at radius 1 is 1.07 bits per heavy atom. The second-order valence-electron chi connectivity index (χ2n) is 6.89. The third kappa shape index (κ3) is 6.69.